The molecule has 1 N–H and O–H groups in total. The smallest absolute Gasteiger partial charge is 0.258 e. The first-order valence-corrected chi connectivity index (χ1v) is 10.8. The van der Waals surface area contributed by atoms with Gasteiger partial charge in [-0.15, -0.1) is 0 Å². The van der Waals surface area contributed by atoms with Crippen molar-refractivity contribution in [1.82, 2.24) is 0 Å². The molecule has 0 unspecified atom stereocenters. The van der Waals surface area contributed by atoms with Crippen LogP contribution in [0.15, 0.2) is 103 Å². The predicted molar refractivity (Wildman–Crippen MR) is 129 cm³/mol. The Morgan fingerprint density at radius 1 is 0.676 bits per heavy atom. The molecule has 0 fully saturated rings. The Labute approximate surface area is 196 Å². The standard InChI is InChI=1S/C28H22F2N2O2/c29-23-14-10-21(11-15-23)27(33)31-25-8-4-5-9-26(25)32(19-18-20-6-2-1-3-7-20)28(34)22-12-16-24(30)17-13-22/h1-17H,18-19H2,(H,31,33). The molecule has 0 saturated carbocycles. The Morgan fingerprint density at radius 2 is 1.24 bits per heavy atom. The number of hydrogen-bond acceptors (Lipinski definition) is 2. The first-order chi connectivity index (χ1) is 16.5. The normalized spacial score (nSPS) is 10.5. The summed E-state index contributed by atoms with van der Waals surface area (Å²) >= 11 is 0. The molecule has 34 heavy (non-hydrogen) atoms. The van der Waals surface area contributed by atoms with Gasteiger partial charge in [0.2, 0.25) is 0 Å². The molecular weight excluding hydrogens is 434 g/mol. The van der Waals surface area contributed by atoms with Gasteiger partial charge in [-0.05, 0) is 72.6 Å². The average Bonchev–Trinajstić information content (AvgIpc) is 2.86. The molecule has 170 valence electrons. The molecule has 0 aliphatic carbocycles. The summed E-state index contributed by atoms with van der Waals surface area (Å²) in [6.45, 7) is 0.337. The van der Waals surface area contributed by atoms with Crippen molar-refractivity contribution in [2.75, 3.05) is 16.8 Å². The van der Waals surface area contributed by atoms with Crippen molar-refractivity contribution in [1.29, 1.82) is 0 Å². The highest BCUT2D eigenvalue weighted by atomic mass is 19.1. The third kappa shape index (κ3) is 5.53. The van der Waals surface area contributed by atoms with Crippen LogP contribution in [0.4, 0.5) is 20.2 Å². The van der Waals surface area contributed by atoms with E-state index in [9.17, 15) is 18.4 Å². The lowest BCUT2D eigenvalue weighted by Gasteiger charge is -2.26. The number of anilines is 2. The summed E-state index contributed by atoms with van der Waals surface area (Å²) in [4.78, 5) is 27.8. The molecule has 4 nitrogen and oxygen atoms in total. The number of benzene rings is 4. The van der Waals surface area contributed by atoms with Crippen molar-refractivity contribution in [3.8, 4) is 0 Å². The molecular formula is C28H22F2N2O2. The molecule has 0 bridgehead atoms. The van der Waals surface area contributed by atoms with Crippen molar-refractivity contribution >= 4 is 23.2 Å². The molecule has 2 amide bonds. The molecule has 4 aromatic carbocycles. The van der Waals surface area contributed by atoms with E-state index in [0.29, 0.717) is 29.9 Å². The molecule has 4 rings (SSSR count). The summed E-state index contributed by atoms with van der Waals surface area (Å²) in [5, 5.41) is 2.83. The van der Waals surface area contributed by atoms with Crippen molar-refractivity contribution in [3.63, 3.8) is 0 Å². The number of amides is 2. The summed E-state index contributed by atoms with van der Waals surface area (Å²) in [7, 11) is 0. The lowest BCUT2D eigenvalue weighted by molar-refractivity contribution is 0.0984. The summed E-state index contributed by atoms with van der Waals surface area (Å²) in [6.07, 6.45) is 0.577. The highest BCUT2D eigenvalue weighted by Gasteiger charge is 2.21. The summed E-state index contributed by atoms with van der Waals surface area (Å²) in [6, 6.07) is 27.3. The zero-order valence-electron chi connectivity index (χ0n) is 18.2. The van der Waals surface area contributed by atoms with Gasteiger partial charge in [0, 0.05) is 17.7 Å². The van der Waals surface area contributed by atoms with Crippen LogP contribution < -0.4 is 10.2 Å². The van der Waals surface area contributed by atoms with E-state index in [1.54, 1.807) is 29.2 Å². The maximum Gasteiger partial charge on any atom is 0.258 e. The van der Waals surface area contributed by atoms with E-state index in [-0.39, 0.29) is 11.5 Å². The van der Waals surface area contributed by atoms with Crippen molar-refractivity contribution < 1.29 is 18.4 Å². The molecule has 6 heteroatoms. The van der Waals surface area contributed by atoms with Gasteiger partial charge >= 0.3 is 0 Å². The maximum absolute atomic E-state index is 13.5. The van der Waals surface area contributed by atoms with Crippen LogP contribution in [0, 0.1) is 11.6 Å². The minimum absolute atomic E-state index is 0.289. The molecule has 0 aliphatic rings. The van der Waals surface area contributed by atoms with Gasteiger partial charge in [-0.2, -0.15) is 0 Å². The molecule has 0 atom stereocenters. The van der Waals surface area contributed by atoms with Gasteiger partial charge in [-0.1, -0.05) is 42.5 Å². The molecule has 0 aliphatic heterocycles. The lowest BCUT2D eigenvalue weighted by Crippen LogP contribution is -2.34. The summed E-state index contributed by atoms with van der Waals surface area (Å²) in [5.74, 6) is -1.61. The van der Waals surface area contributed by atoms with Crippen LogP contribution in [0.2, 0.25) is 0 Å². The fourth-order valence-electron chi connectivity index (χ4n) is 3.58. The van der Waals surface area contributed by atoms with Gasteiger partial charge in [0.1, 0.15) is 11.6 Å². The van der Waals surface area contributed by atoms with E-state index in [2.05, 4.69) is 5.32 Å². The SMILES string of the molecule is O=C(Nc1ccccc1N(CCc1ccccc1)C(=O)c1ccc(F)cc1)c1ccc(F)cc1. The molecule has 0 heterocycles. The zero-order valence-corrected chi connectivity index (χ0v) is 18.2. The number of para-hydroxylation sites is 2. The van der Waals surface area contributed by atoms with Gasteiger partial charge in [0.25, 0.3) is 11.8 Å². The number of rotatable bonds is 7. The van der Waals surface area contributed by atoms with E-state index in [1.807, 2.05) is 30.3 Å². The van der Waals surface area contributed by atoms with Crippen LogP contribution in [0.25, 0.3) is 0 Å². The van der Waals surface area contributed by atoms with Crippen molar-refractivity contribution in [2.45, 2.75) is 6.42 Å². The minimum Gasteiger partial charge on any atom is -0.320 e. The number of hydrogen-bond donors (Lipinski definition) is 1. The first-order valence-electron chi connectivity index (χ1n) is 10.8. The van der Waals surface area contributed by atoms with E-state index >= 15 is 0 Å². The molecule has 0 saturated heterocycles. The quantitative estimate of drug-likeness (QED) is 0.365. The average molecular weight is 456 g/mol. The highest BCUT2D eigenvalue weighted by molar-refractivity contribution is 6.11. The van der Waals surface area contributed by atoms with Gasteiger partial charge in [0.05, 0.1) is 11.4 Å². The van der Waals surface area contributed by atoms with E-state index in [4.69, 9.17) is 0 Å². The van der Waals surface area contributed by atoms with Crippen LogP contribution in [0.3, 0.4) is 0 Å². The Bertz CT molecular complexity index is 1270. The van der Waals surface area contributed by atoms with Crippen LogP contribution >= 0.6 is 0 Å². The monoisotopic (exact) mass is 456 g/mol. The Kier molecular flexibility index (Phi) is 7.08. The summed E-state index contributed by atoms with van der Waals surface area (Å²) in [5.41, 5.74) is 2.60. The Morgan fingerprint density at radius 3 is 1.88 bits per heavy atom. The van der Waals surface area contributed by atoms with Gasteiger partial charge in [0.15, 0.2) is 0 Å². The van der Waals surface area contributed by atoms with E-state index < -0.39 is 17.5 Å². The van der Waals surface area contributed by atoms with Gasteiger partial charge in [-0.25, -0.2) is 8.78 Å². The van der Waals surface area contributed by atoms with Gasteiger partial charge < -0.3 is 10.2 Å². The van der Waals surface area contributed by atoms with Crippen LogP contribution in [-0.2, 0) is 6.42 Å². The number of carbonyl (C=O) groups excluding carboxylic acids is 2. The summed E-state index contributed by atoms with van der Waals surface area (Å²) < 4.78 is 26.7. The third-order valence-corrected chi connectivity index (χ3v) is 5.35. The minimum atomic E-state index is -0.436. The highest BCUT2D eigenvalue weighted by Crippen LogP contribution is 2.28. The van der Waals surface area contributed by atoms with Crippen molar-refractivity contribution in [2.24, 2.45) is 0 Å². The molecule has 4 aromatic rings. The number of carbonyl (C=O) groups is 2. The Hall–Kier alpha value is -4.32. The number of nitrogens with zero attached hydrogens (tertiary/aromatic N) is 1. The van der Waals surface area contributed by atoms with Crippen LogP contribution in [0.5, 0.6) is 0 Å². The fraction of sp³-hybridized carbons (Fsp3) is 0.0714. The molecule has 0 radical (unpaired) electrons. The fourth-order valence-corrected chi connectivity index (χ4v) is 3.58. The molecule has 0 aromatic heterocycles. The third-order valence-electron chi connectivity index (χ3n) is 5.35. The number of halogens is 2. The number of nitrogens with one attached hydrogen (secondary N) is 1. The second-order valence-electron chi connectivity index (χ2n) is 7.68. The van der Waals surface area contributed by atoms with Gasteiger partial charge in [-0.3, -0.25) is 9.59 Å². The predicted octanol–water partition coefficient (Wildman–Crippen LogP) is 6.11. The maximum atomic E-state index is 13.5. The van der Waals surface area contributed by atoms with Crippen LogP contribution in [0.1, 0.15) is 26.3 Å². The first kappa shape index (κ1) is 22.9. The topological polar surface area (TPSA) is 49.4 Å². The zero-order chi connectivity index (χ0) is 23.9. The lowest BCUT2D eigenvalue weighted by atomic mass is 10.1. The largest absolute Gasteiger partial charge is 0.320 e. The second-order valence-corrected chi connectivity index (χ2v) is 7.68. The van der Waals surface area contributed by atoms with Crippen LogP contribution in [-0.4, -0.2) is 18.4 Å². The van der Waals surface area contributed by atoms with Crippen molar-refractivity contribution in [3.05, 3.63) is 131 Å². The van der Waals surface area contributed by atoms with E-state index in [0.717, 1.165) is 5.56 Å². The molecule has 0 spiro atoms. The second kappa shape index (κ2) is 10.5. The Balaban J connectivity index is 1.66. The van der Waals surface area contributed by atoms with E-state index in [1.165, 1.54) is 48.5 Å².